The van der Waals surface area contributed by atoms with E-state index in [1.165, 1.54) is 6.07 Å². The number of hydrogen-bond acceptors (Lipinski definition) is 4. The van der Waals surface area contributed by atoms with Crippen molar-refractivity contribution in [2.24, 2.45) is 0 Å². The number of nitrogens with one attached hydrogen (secondary N) is 1. The van der Waals surface area contributed by atoms with Crippen LogP contribution in [0.1, 0.15) is 5.76 Å². The summed E-state index contributed by atoms with van der Waals surface area (Å²) < 4.78 is 6.68. The minimum atomic E-state index is -0.428. The SMILES string of the molecule is O=[N+]([O-])c1ccc(NCc2ccc(I)o2)cc1Br. The average Bonchev–Trinajstić information content (AvgIpc) is 2.72. The largest absolute Gasteiger partial charge is 0.454 e. The molecule has 0 atom stereocenters. The minimum Gasteiger partial charge on any atom is -0.454 e. The molecule has 18 heavy (non-hydrogen) atoms. The van der Waals surface area contributed by atoms with Crippen LogP contribution in [0.5, 0.6) is 0 Å². The molecule has 0 aliphatic rings. The van der Waals surface area contributed by atoms with Crippen molar-refractivity contribution in [3.8, 4) is 0 Å². The molecular weight excluding hydrogens is 415 g/mol. The molecule has 0 bridgehead atoms. The molecule has 1 aromatic heterocycles. The Bertz CT molecular complexity index is 585. The molecule has 7 heteroatoms. The standard InChI is InChI=1S/C11H8BrIN2O3/c12-9-5-7(1-3-10(9)15(16)17)14-6-8-2-4-11(13)18-8/h1-5,14H,6H2. The summed E-state index contributed by atoms with van der Waals surface area (Å²) >= 11 is 5.27. The number of anilines is 1. The van der Waals surface area contributed by atoms with E-state index in [1.807, 2.05) is 12.1 Å². The number of rotatable bonds is 4. The highest BCUT2D eigenvalue weighted by molar-refractivity contribution is 14.1. The topological polar surface area (TPSA) is 68.3 Å². The number of nitro benzene ring substituents is 1. The summed E-state index contributed by atoms with van der Waals surface area (Å²) in [5.74, 6) is 0.814. The first-order valence-electron chi connectivity index (χ1n) is 4.98. The molecule has 1 N–H and O–H groups in total. The van der Waals surface area contributed by atoms with Gasteiger partial charge in [0.05, 0.1) is 15.9 Å². The zero-order chi connectivity index (χ0) is 13.1. The number of furan rings is 1. The van der Waals surface area contributed by atoms with E-state index >= 15 is 0 Å². The fraction of sp³-hybridized carbons (Fsp3) is 0.0909. The van der Waals surface area contributed by atoms with Gasteiger partial charge in [0.1, 0.15) is 5.76 Å². The summed E-state index contributed by atoms with van der Waals surface area (Å²) in [5, 5.41) is 13.8. The van der Waals surface area contributed by atoms with Gasteiger partial charge in [-0.2, -0.15) is 0 Å². The molecule has 0 amide bonds. The lowest BCUT2D eigenvalue weighted by Gasteiger charge is -2.05. The molecule has 0 radical (unpaired) electrons. The van der Waals surface area contributed by atoms with E-state index < -0.39 is 4.92 Å². The van der Waals surface area contributed by atoms with Crippen molar-refractivity contribution in [2.75, 3.05) is 5.32 Å². The van der Waals surface area contributed by atoms with Gasteiger partial charge >= 0.3 is 0 Å². The molecule has 0 fully saturated rings. The second-order valence-corrected chi connectivity index (χ2v) is 5.40. The Morgan fingerprint density at radius 3 is 2.72 bits per heavy atom. The van der Waals surface area contributed by atoms with E-state index in [0.717, 1.165) is 15.2 Å². The average molecular weight is 423 g/mol. The molecule has 2 aromatic rings. The molecular formula is C11H8BrIN2O3. The molecule has 0 saturated heterocycles. The van der Waals surface area contributed by atoms with Crippen LogP contribution < -0.4 is 5.32 Å². The maximum Gasteiger partial charge on any atom is 0.283 e. The number of halogens is 2. The normalized spacial score (nSPS) is 10.3. The third-order valence-corrected chi connectivity index (χ3v) is 3.45. The lowest BCUT2D eigenvalue weighted by molar-refractivity contribution is -0.385. The Labute approximate surface area is 125 Å². The zero-order valence-corrected chi connectivity index (χ0v) is 12.8. The molecule has 0 aliphatic carbocycles. The number of benzene rings is 1. The first-order valence-corrected chi connectivity index (χ1v) is 6.85. The Morgan fingerprint density at radius 2 is 2.17 bits per heavy atom. The van der Waals surface area contributed by atoms with Gasteiger partial charge in [0.15, 0.2) is 3.77 Å². The van der Waals surface area contributed by atoms with Crippen molar-refractivity contribution in [3.05, 3.63) is 54.4 Å². The van der Waals surface area contributed by atoms with E-state index in [1.54, 1.807) is 12.1 Å². The quantitative estimate of drug-likeness (QED) is 0.456. The number of nitrogens with zero attached hydrogens (tertiary/aromatic N) is 1. The maximum atomic E-state index is 10.7. The van der Waals surface area contributed by atoms with Gasteiger partial charge in [0.2, 0.25) is 0 Å². The van der Waals surface area contributed by atoms with Crippen LogP contribution in [0.2, 0.25) is 0 Å². The van der Waals surface area contributed by atoms with Crippen LogP contribution in [0.3, 0.4) is 0 Å². The van der Waals surface area contributed by atoms with Crippen molar-refractivity contribution in [3.63, 3.8) is 0 Å². The molecule has 5 nitrogen and oxygen atoms in total. The molecule has 0 aliphatic heterocycles. The van der Waals surface area contributed by atoms with E-state index in [2.05, 4.69) is 43.8 Å². The first-order chi connectivity index (χ1) is 8.56. The molecule has 0 saturated carbocycles. The van der Waals surface area contributed by atoms with E-state index in [-0.39, 0.29) is 5.69 Å². The van der Waals surface area contributed by atoms with Gasteiger partial charge in [0, 0.05) is 11.8 Å². The third kappa shape index (κ3) is 3.22. The van der Waals surface area contributed by atoms with Crippen LogP contribution in [0.25, 0.3) is 0 Å². The van der Waals surface area contributed by atoms with Gasteiger partial charge in [-0.25, -0.2) is 0 Å². The highest BCUT2D eigenvalue weighted by Crippen LogP contribution is 2.27. The van der Waals surface area contributed by atoms with E-state index in [9.17, 15) is 10.1 Å². The van der Waals surface area contributed by atoms with Crippen LogP contribution in [0.15, 0.2) is 39.2 Å². The van der Waals surface area contributed by atoms with Crippen LogP contribution in [-0.4, -0.2) is 4.92 Å². The van der Waals surface area contributed by atoms with Gasteiger partial charge in [-0.1, -0.05) is 0 Å². The molecule has 94 valence electrons. The monoisotopic (exact) mass is 422 g/mol. The smallest absolute Gasteiger partial charge is 0.283 e. The van der Waals surface area contributed by atoms with Gasteiger partial charge in [-0.15, -0.1) is 0 Å². The highest BCUT2D eigenvalue weighted by Gasteiger charge is 2.11. The van der Waals surface area contributed by atoms with Crippen LogP contribution in [-0.2, 0) is 6.54 Å². The highest BCUT2D eigenvalue weighted by atomic mass is 127. The Morgan fingerprint density at radius 1 is 1.39 bits per heavy atom. The summed E-state index contributed by atoms with van der Waals surface area (Å²) in [6.07, 6.45) is 0. The minimum absolute atomic E-state index is 0.0492. The summed E-state index contributed by atoms with van der Waals surface area (Å²) in [6, 6.07) is 8.56. The molecule has 1 heterocycles. The molecule has 0 unspecified atom stereocenters. The Balaban J connectivity index is 2.06. The summed E-state index contributed by atoms with van der Waals surface area (Å²) in [5.41, 5.74) is 0.840. The van der Waals surface area contributed by atoms with E-state index in [0.29, 0.717) is 11.0 Å². The second-order valence-electron chi connectivity index (χ2n) is 3.48. The fourth-order valence-corrected chi connectivity index (χ4v) is 2.39. The molecule has 2 rings (SSSR count). The van der Waals surface area contributed by atoms with Crippen LogP contribution in [0.4, 0.5) is 11.4 Å². The predicted octanol–water partition coefficient (Wildman–Crippen LogP) is 4.17. The van der Waals surface area contributed by atoms with Gasteiger partial charge in [0.25, 0.3) is 5.69 Å². The van der Waals surface area contributed by atoms with Crippen molar-refractivity contribution < 1.29 is 9.34 Å². The fourth-order valence-electron chi connectivity index (χ4n) is 1.40. The van der Waals surface area contributed by atoms with E-state index in [4.69, 9.17) is 4.42 Å². The lowest BCUT2D eigenvalue weighted by atomic mass is 10.3. The second kappa shape index (κ2) is 5.70. The van der Waals surface area contributed by atoms with Crippen molar-refractivity contribution >= 4 is 49.9 Å². The summed E-state index contributed by atoms with van der Waals surface area (Å²) in [4.78, 5) is 10.2. The number of hydrogen-bond donors (Lipinski definition) is 1. The Hall–Kier alpha value is -1.09. The van der Waals surface area contributed by atoms with Crippen molar-refractivity contribution in [1.29, 1.82) is 0 Å². The third-order valence-electron chi connectivity index (χ3n) is 2.24. The van der Waals surface area contributed by atoms with Gasteiger partial charge in [-0.3, -0.25) is 10.1 Å². The zero-order valence-electron chi connectivity index (χ0n) is 9.02. The summed E-state index contributed by atoms with van der Waals surface area (Å²) in [7, 11) is 0. The summed E-state index contributed by atoms with van der Waals surface area (Å²) in [6.45, 7) is 0.535. The van der Waals surface area contributed by atoms with Crippen LogP contribution >= 0.6 is 38.5 Å². The first kappa shape index (κ1) is 13.3. The van der Waals surface area contributed by atoms with Crippen molar-refractivity contribution in [1.82, 2.24) is 0 Å². The van der Waals surface area contributed by atoms with Gasteiger partial charge < -0.3 is 9.73 Å². The Kier molecular flexibility index (Phi) is 4.23. The number of nitro groups is 1. The van der Waals surface area contributed by atoms with Gasteiger partial charge in [-0.05, 0) is 62.8 Å². The maximum absolute atomic E-state index is 10.7. The lowest BCUT2D eigenvalue weighted by Crippen LogP contribution is -1.98. The molecule has 0 spiro atoms. The van der Waals surface area contributed by atoms with Crippen LogP contribution in [0, 0.1) is 13.9 Å². The molecule has 1 aromatic carbocycles. The van der Waals surface area contributed by atoms with Crippen molar-refractivity contribution in [2.45, 2.75) is 6.54 Å². The predicted molar refractivity (Wildman–Crippen MR) is 79.5 cm³/mol.